The molecule has 0 saturated heterocycles. The van der Waals surface area contributed by atoms with Crippen LogP contribution in [-0.4, -0.2) is 20.9 Å². The van der Waals surface area contributed by atoms with E-state index in [2.05, 4.69) is 5.10 Å². The lowest BCUT2D eigenvalue weighted by Gasteiger charge is -2.04. The number of carbonyl (C=O) groups excluding carboxylic acids is 1. The Morgan fingerprint density at radius 3 is 2.78 bits per heavy atom. The molecule has 0 saturated carbocycles. The summed E-state index contributed by atoms with van der Waals surface area (Å²) in [5.74, 6) is 0.395. The zero-order chi connectivity index (χ0) is 13.0. The van der Waals surface area contributed by atoms with E-state index < -0.39 is 0 Å². The number of nitrogens with zero attached hydrogens (tertiary/aromatic N) is 2. The van der Waals surface area contributed by atoms with Crippen molar-refractivity contribution >= 4 is 17.7 Å². The highest BCUT2D eigenvalue weighted by molar-refractivity contribution is 7.99. The Morgan fingerprint density at radius 2 is 2.11 bits per heavy atom. The molecule has 0 bridgehead atoms. The van der Waals surface area contributed by atoms with Crippen molar-refractivity contribution in [1.82, 2.24) is 9.78 Å². The van der Waals surface area contributed by atoms with Crippen molar-refractivity contribution in [3.63, 3.8) is 0 Å². The molecule has 94 valence electrons. The number of hydrogen-bond donors (Lipinski definition) is 1. The number of nitrogens with two attached hydrogens (primary N) is 1. The summed E-state index contributed by atoms with van der Waals surface area (Å²) in [7, 11) is 0. The molecule has 4 nitrogen and oxygen atoms in total. The second-order valence-electron chi connectivity index (χ2n) is 3.94. The highest BCUT2D eigenvalue weighted by Gasteiger charge is 2.10. The van der Waals surface area contributed by atoms with Gasteiger partial charge in [-0.25, -0.2) is 4.68 Å². The van der Waals surface area contributed by atoms with Crippen molar-refractivity contribution < 1.29 is 4.79 Å². The Bertz CT molecular complexity index is 524. The van der Waals surface area contributed by atoms with E-state index in [0.717, 1.165) is 11.4 Å². The van der Waals surface area contributed by atoms with Crippen LogP contribution in [0.4, 0.5) is 0 Å². The van der Waals surface area contributed by atoms with E-state index in [1.807, 2.05) is 47.3 Å². The fraction of sp³-hybridized carbons (Fsp3) is 0.231. The summed E-state index contributed by atoms with van der Waals surface area (Å²) in [6, 6.07) is 11.9. The number of aromatic nitrogens is 2. The van der Waals surface area contributed by atoms with E-state index in [4.69, 9.17) is 5.73 Å². The monoisotopic (exact) mass is 261 g/mol. The average molecular weight is 261 g/mol. The maximum Gasteiger partial charge on any atom is 0.230 e. The van der Waals surface area contributed by atoms with Crippen molar-refractivity contribution in [3.8, 4) is 5.69 Å². The summed E-state index contributed by atoms with van der Waals surface area (Å²) in [6.45, 7) is 1.81. The summed E-state index contributed by atoms with van der Waals surface area (Å²) < 4.78 is 1.82. The van der Waals surface area contributed by atoms with Crippen molar-refractivity contribution in [3.05, 3.63) is 48.3 Å². The second kappa shape index (κ2) is 5.73. The Hall–Kier alpha value is -1.75. The summed E-state index contributed by atoms with van der Waals surface area (Å²) in [4.78, 5) is 10.9. The topological polar surface area (TPSA) is 60.9 Å². The minimum atomic E-state index is -0.289. The fourth-order valence-electron chi connectivity index (χ4n) is 1.46. The smallest absolute Gasteiger partial charge is 0.230 e. The Morgan fingerprint density at radius 1 is 1.39 bits per heavy atom. The summed E-state index contributed by atoms with van der Waals surface area (Å²) in [6.07, 6.45) is 1.92. The number of amides is 1. The van der Waals surface area contributed by atoms with Gasteiger partial charge in [0.05, 0.1) is 16.6 Å². The van der Waals surface area contributed by atoms with Gasteiger partial charge in [-0.3, -0.25) is 4.79 Å². The van der Waals surface area contributed by atoms with E-state index in [0.29, 0.717) is 5.75 Å². The third-order valence-electron chi connectivity index (χ3n) is 2.55. The zero-order valence-electron chi connectivity index (χ0n) is 10.1. The molecule has 0 aliphatic heterocycles. The van der Waals surface area contributed by atoms with Crippen LogP contribution < -0.4 is 5.73 Å². The standard InChI is InChI=1S/C13H15N3OS/c1-10(13(14)17)18-9-11-7-8-16(15-11)12-5-3-2-4-6-12/h2-8,10H,9H2,1H3,(H2,14,17)/t10-/m1/s1. The van der Waals surface area contributed by atoms with Gasteiger partial charge in [0.1, 0.15) is 0 Å². The van der Waals surface area contributed by atoms with Gasteiger partial charge < -0.3 is 5.73 Å². The number of para-hydroxylation sites is 1. The quantitative estimate of drug-likeness (QED) is 0.895. The first-order valence-corrected chi connectivity index (χ1v) is 6.72. The summed E-state index contributed by atoms with van der Waals surface area (Å²) >= 11 is 1.50. The van der Waals surface area contributed by atoms with Crippen LogP contribution in [0.15, 0.2) is 42.6 Å². The second-order valence-corrected chi connectivity index (χ2v) is 5.27. The lowest BCUT2D eigenvalue weighted by molar-refractivity contribution is -0.117. The molecule has 18 heavy (non-hydrogen) atoms. The molecular weight excluding hydrogens is 246 g/mol. The largest absolute Gasteiger partial charge is 0.369 e. The van der Waals surface area contributed by atoms with E-state index in [1.54, 1.807) is 6.92 Å². The average Bonchev–Trinajstić information content (AvgIpc) is 2.85. The van der Waals surface area contributed by atoms with Gasteiger partial charge in [0, 0.05) is 11.9 Å². The SMILES string of the molecule is C[C@@H](SCc1ccn(-c2ccccc2)n1)C(N)=O. The molecule has 1 amide bonds. The lowest BCUT2D eigenvalue weighted by atomic mass is 10.3. The maximum atomic E-state index is 10.9. The number of benzene rings is 1. The van der Waals surface area contributed by atoms with Gasteiger partial charge in [-0.2, -0.15) is 5.10 Å². The molecule has 5 heteroatoms. The molecule has 1 aromatic heterocycles. The van der Waals surface area contributed by atoms with E-state index in [-0.39, 0.29) is 11.2 Å². The van der Waals surface area contributed by atoms with Crippen molar-refractivity contribution in [2.24, 2.45) is 5.73 Å². The zero-order valence-corrected chi connectivity index (χ0v) is 10.9. The molecule has 1 atom stereocenters. The Labute approximate surface area is 110 Å². The van der Waals surface area contributed by atoms with Crippen molar-refractivity contribution in [2.45, 2.75) is 17.9 Å². The number of rotatable bonds is 5. The third-order valence-corrected chi connectivity index (χ3v) is 3.74. The number of hydrogen-bond acceptors (Lipinski definition) is 3. The Balaban J connectivity index is 2.01. The highest BCUT2D eigenvalue weighted by Crippen LogP contribution is 2.17. The number of thioether (sulfide) groups is 1. The maximum absolute atomic E-state index is 10.9. The molecule has 2 aromatic rings. The van der Waals surface area contributed by atoms with Gasteiger partial charge in [0.25, 0.3) is 0 Å². The van der Waals surface area contributed by atoms with E-state index >= 15 is 0 Å². The first kappa shape index (κ1) is 12.7. The van der Waals surface area contributed by atoms with Crippen LogP contribution in [0.1, 0.15) is 12.6 Å². The molecule has 0 aliphatic rings. The number of primary amides is 1. The van der Waals surface area contributed by atoms with Gasteiger partial charge in [0.15, 0.2) is 0 Å². The minimum Gasteiger partial charge on any atom is -0.369 e. The lowest BCUT2D eigenvalue weighted by Crippen LogP contribution is -2.22. The van der Waals surface area contributed by atoms with Crippen LogP contribution in [0.5, 0.6) is 0 Å². The van der Waals surface area contributed by atoms with Gasteiger partial charge >= 0.3 is 0 Å². The predicted molar refractivity (Wildman–Crippen MR) is 73.5 cm³/mol. The first-order chi connectivity index (χ1) is 8.66. The molecule has 0 spiro atoms. The van der Waals surface area contributed by atoms with E-state index in [1.165, 1.54) is 11.8 Å². The summed E-state index contributed by atoms with van der Waals surface area (Å²) in [5, 5.41) is 4.27. The van der Waals surface area contributed by atoms with E-state index in [9.17, 15) is 4.79 Å². The van der Waals surface area contributed by atoms with Crippen LogP contribution >= 0.6 is 11.8 Å². The first-order valence-electron chi connectivity index (χ1n) is 5.67. The van der Waals surface area contributed by atoms with Crippen molar-refractivity contribution in [1.29, 1.82) is 0 Å². The van der Waals surface area contributed by atoms with Gasteiger partial charge in [-0.05, 0) is 25.1 Å². The molecule has 0 fully saturated rings. The van der Waals surface area contributed by atoms with Crippen LogP contribution in [0.2, 0.25) is 0 Å². The molecule has 0 unspecified atom stereocenters. The molecular formula is C13H15N3OS. The highest BCUT2D eigenvalue weighted by atomic mass is 32.2. The molecule has 2 N–H and O–H groups in total. The molecule has 0 radical (unpaired) electrons. The van der Waals surface area contributed by atoms with Gasteiger partial charge in [-0.15, -0.1) is 11.8 Å². The minimum absolute atomic E-state index is 0.188. The predicted octanol–water partition coefficient (Wildman–Crippen LogP) is 1.98. The third kappa shape index (κ3) is 3.13. The van der Waals surface area contributed by atoms with Crippen LogP contribution in [0.3, 0.4) is 0 Å². The van der Waals surface area contributed by atoms with Crippen molar-refractivity contribution in [2.75, 3.05) is 0 Å². The van der Waals surface area contributed by atoms with Gasteiger partial charge in [0.2, 0.25) is 5.91 Å². The fourth-order valence-corrected chi connectivity index (χ4v) is 2.19. The molecule has 1 heterocycles. The Kier molecular flexibility index (Phi) is 4.04. The van der Waals surface area contributed by atoms with Crippen LogP contribution in [0, 0.1) is 0 Å². The molecule has 2 rings (SSSR count). The molecule has 1 aromatic carbocycles. The normalized spacial score (nSPS) is 12.3. The number of carbonyl (C=O) groups is 1. The molecule has 0 aliphatic carbocycles. The van der Waals surface area contributed by atoms with Gasteiger partial charge in [-0.1, -0.05) is 18.2 Å². The summed E-state index contributed by atoms with van der Waals surface area (Å²) in [5.41, 5.74) is 7.18. The van der Waals surface area contributed by atoms with Crippen LogP contribution in [-0.2, 0) is 10.5 Å². The van der Waals surface area contributed by atoms with Crippen LogP contribution in [0.25, 0.3) is 5.69 Å².